The van der Waals surface area contributed by atoms with E-state index in [4.69, 9.17) is 14.5 Å². The minimum atomic E-state index is 0.159. The highest BCUT2D eigenvalue weighted by atomic mass is 32.1. The number of nitrogens with zero attached hydrogens (tertiary/aromatic N) is 3. The third kappa shape index (κ3) is 6.61. The summed E-state index contributed by atoms with van der Waals surface area (Å²) in [4.78, 5) is 26.1. The molecule has 236 valence electrons. The first-order valence-corrected chi connectivity index (χ1v) is 17.4. The number of thiophene rings is 1. The highest BCUT2D eigenvalue weighted by Crippen LogP contribution is 2.44. The van der Waals surface area contributed by atoms with Crippen LogP contribution in [-0.4, -0.2) is 58.6 Å². The second-order valence-electron chi connectivity index (χ2n) is 13.6. The molecular weight excluding hydrogens is 566 g/mol. The van der Waals surface area contributed by atoms with Gasteiger partial charge in [-0.15, -0.1) is 11.3 Å². The summed E-state index contributed by atoms with van der Waals surface area (Å²) in [6.45, 7) is 16.9. The standard InChI is InChI=1S/C37H49N3O3S/c1-23(2)43-31-19-40(20-31)30-14-12-29(13-15-30)26(5)35-27(6)34-33(44-35)16-17-39(37(34)41)21-32-24(3)18-25(4)38-36(32)42-22-28-10-8-7-9-11-28/h7-11,18,23,26,29-31H,12-17,19-22H2,1-6H3/t26-,29-,30-/m1/s1. The van der Waals surface area contributed by atoms with Gasteiger partial charge in [0.2, 0.25) is 5.88 Å². The number of carbonyl (C=O) groups is 1. The first kappa shape index (κ1) is 31.3. The number of ether oxygens (including phenoxy) is 2. The van der Waals surface area contributed by atoms with E-state index >= 15 is 0 Å². The van der Waals surface area contributed by atoms with Crippen LogP contribution in [0.4, 0.5) is 0 Å². The molecule has 1 atom stereocenters. The van der Waals surface area contributed by atoms with Crippen LogP contribution in [0.3, 0.4) is 0 Å². The lowest BCUT2D eigenvalue weighted by Crippen LogP contribution is -2.57. The molecule has 3 aromatic rings. The Hall–Kier alpha value is -2.74. The molecule has 6 rings (SSSR count). The van der Waals surface area contributed by atoms with Gasteiger partial charge in [0.25, 0.3) is 5.91 Å². The Morgan fingerprint density at radius 3 is 2.45 bits per heavy atom. The molecule has 1 saturated carbocycles. The lowest BCUT2D eigenvalue weighted by Gasteiger charge is -2.47. The van der Waals surface area contributed by atoms with Crippen molar-refractivity contribution in [3.05, 3.63) is 79.7 Å². The number of pyridine rings is 1. The molecule has 0 radical (unpaired) electrons. The fourth-order valence-electron chi connectivity index (χ4n) is 7.61. The molecular formula is C37H49N3O3S. The second kappa shape index (κ2) is 13.3. The number of hydrogen-bond acceptors (Lipinski definition) is 6. The zero-order valence-electron chi connectivity index (χ0n) is 27.4. The van der Waals surface area contributed by atoms with Gasteiger partial charge in [0.1, 0.15) is 6.61 Å². The summed E-state index contributed by atoms with van der Waals surface area (Å²) in [5, 5.41) is 0. The van der Waals surface area contributed by atoms with Gasteiger partial charge >= 0.3 is 0 Å². The van der Waals surface area contributed by atoms with Crippen LogP contribution < -0.4 is 4.74 Å². The van der Waals surface area contributed by atoms with Gasteiger partial charge in [-0.2, -0.15) is 0 Å². The highest BCUT2D eigenvalue weighted by molar-refractivity contribution is 7.12. The summed E-state index contributed by atoms with van der Waals surface area (Å²) < 4.78 is 12.2. The van der Waals surface area contributed by atoms with Crippen molar-refractivity contribution in [1.29, 1.82) is 0 Å². The van der Waals surface area contributed by atoms with Crippen molar-refractivity contribution in [3.8, 4) is 5.88 Å². The first-order chi connectivity index (χ1) is 21.2. The van der Waals surface area contributed by atoms with Gasteiger partial charge in [0, 0.05) is 53.1 Å². The van der Waals surface area contributed by atoms with E-state index in [0.717, 1.165) is 54.0 Å². The van der Waals surface area contributed by atoms with E-state index < -0.39 is 0 Å². The lowest BCUT2D eigenvalue weighted by atomic mass is 9.76. The van der Waals surface area contributed by atoms with E-state index in [2.05, 4.69) is 57.7 Å². The second-order valence-corrected chi connectivity index (χ2v) is 14.8. The van der Waals surface area contributed by atoms with Crippen LogP contribution in [-0.2, 0) is 24.3 Å². The molecule has 2 fully saturated rings. The van der Waals surface area contributed by atoms with Gasteiger partial charge in [-0.1, -0.05) is 37.3 Å². The summed E-state index contributed by atoms with van der Waals surface area (Å²) in [5.41, 5.74) is 6.32. The third-order valence-corrected chi connectivity index (χ3v) is 11.6. The van der Waals surface area contributed by atoms with Crippen molar-refractivity contribution in [2.45, 2.75) is 111 Å². The van der Waals surface area contributed by atoms with Crippen LogP contribution >= 0.6 is 11.3 Å². The largest absolute Gasteiger partial charge is 0.473 e. The topological polar surface area (TPSA) is 54.9 Å². The predicted molar refractivity (Wildman–Crippen MR) is 178 cm³/mol. The number of hydrogen-bond donors (Lipinski definition) is 0. The molecule has 1 aliphatic carbocycles. The monoisotopic (exact) mass is 615 g/mol. The molecule has 0 spiro atoms. The van der Waals surface area contributed by atoms with E-state index in [9.17, 15) is 4.79 Å². The Labute approximate surface area is 267 Å². The molecule has 2 aromatic heterocycles. The summed E-state index contributed by atoms with van der Waals surface area (Å²) in [5.74, 6) is 1.97. The molecule has 2 aliphatic heterocycles. The Morgan fingerprint density at radius 1 is 1.02 bits per heavy atom. The Bertz CT molecular complexity index is 1450. The van der Waals surface area contributed by atoms with Crippen molar-refractivity contribution in [1.82, 2.24) is 14.8 Å². The normalized spacial score (nSPS) is 21.8. The number of aromatic nitrogens is 1. The molecule has 44 heavy (non-hydrogen) atoms. The maximum absolute atomic E-state index is 14.0. The minimum absolute atomic E-state index is 0.159. The Morgan fingerprint density at radius 2 is 1.75 bits per heavy atom. The summed E-state index contributed by atoms with van der Waals surface area (Å²) >= 11 is 1.91. The van der Waals surface area contributed by atoms with Crippen molar-refractivity contribution in [3.63, 3.8) is 0 Å². The van der Waals surface area contributed by atoms with Crippen molar-refractivity contribution < 1.29 is 14.3 Å². The molecule has 4 heterocycles. The molecule has 6 nitrogen and oxygen atoms in total. The van der Waals surface area contributed by atoms with Gasteiger partial charge < -0.3 is 14.4 Å². The van der Waals surface area contributed by atoms with Gasteiger partial charge in [0.05, 0.1) is 24.3 Å². The average Bonchev–Trinajstić information content (AvgIpc) is 3.33. The number of carbonyl (C=O) groups excluding carboxylic acids is 1. The number of rotatable bonds is 10. The Kier molecular flexibility index (Phi) is 9.46. The fourth-order valence-corrected chi connectivity index (χ4v) is 9.04. The first-order valence-electron chi connectivity index (χ1n) is 16.6. The molecule has 3 aliphatic rings. The number of aryl methyl sites for hydroxylation is 2. The smallest absolute Gasteiger partial charge is 0.255 e. The predicted octanol–water partition coefficient (Wildman–Crippen LogP) is 7.62. The van der Waals surface area contributed by atoms with E-state index in [1.807, 2.05) is 41.4 Å². The summed E-state index contributed by atoms with van der Waals surface area (Å²) in [6, 6.07) is 13.0. The molecule has 1 saturated heterocycles. The zero-order valence-corrected chi connectivity index (χ0v) is 28.2. The van der Waals surface area contributed by atoms with E-state index in [-0.39, 0.29) is 5.91 Å². The van der Waals surface area contributed by atoms with Gasteiger partial charge in [0.15, 0.2) is 0 Å². The van der Waals surface area contributed by atoms with Gasteiger partial charge in [-0.05, 0) is 94.9 Å². The highest BCUT2D eigenvalue weighted by Gasteiger charge is 2.38. The lowest BCUT2D eigenvalue weighted by molar-refractivity contribution is -0.100. The molecule has 7 heteroatoms. The van der Waals surface area contributed by atoms with E-state index in [1.54, 1.807) is 0 Å². The maximum atomic E-state index is 14.0. The molecule has 0 bridgehead atoms. The number of benzene rings is 1. The summed E-state index contributed by atoms with van der Waals surface area (Å²) in [6.07, 6.45) is 6.75. The van der Waals surface area contributed by atoms with Crippen LogP contribution in [0, 0.1) is 26.7 Å². The number of fused-ring (bicyclic) bond motifs is 1. The molecule has 1 aromatic carbocycles. The van der Waals surface area contributed by atoms with Crippen LogP contribution in [0.1, 0.15) is 100 Å². The van der Waals surface area contributed by atoms with E-state index in [1.165, 1.54) is 41.0 Å². The molecule has 0 unspecified atom stereocenters. The number of likely N-dealkylation sites (tertiary alicyclic amines) is 1. The van der Waals surface area contributed by atoms with Gasteiger partial charge in [-0.25, -0.2) is 4.98 Å². The van der Waals surface area contributed by atoms with Crippen LogP contribution in [0.15, 0.2) is 36.4 Å². The van der Waals surface area contributed by atoms with Crippen molar-refractivity contribution in [2.24, 2.45) is 5.92 Å². The molecule has 1 amide bonds. The minimum Gasteiger partial charge on any atom is -0.473 e. The average molecular weight is 616 g/mol. The van der Waals surface area contributed by atoms with Crippen LogP contribution in [0.2, 0.25) is 0 Å². The van der Waals surface area contributed by atoms with Crippen LogP contribution in [0.25, 0.3) is 0 Å². The van der Waals surface area contributed by atoms with E-state index in [0.29, 0.717) is 49.1 Å². The van der Waals surface area contributed by atoms with Gasteiger partial charge in [-0.3, -0.25) is 9.69 Å². The van der Waals surface area contributed by atoms with Crippen molar-refractivity contribution in [2.75, 3.05) is 19.6 Å². The summed E-state index contributed by atoms with van der Waals surface area (Å²) in [7, 11) is 0. The third-order valence-electron chi connectivity index (χ3n) is 10.1. The molecule has 0 N–H and O–H groups in total. The SMILES string of the molecule is Cc1cc(C)c(CN2CCc3sc([C@H](C)[C@H]4CC[C@H](N5CC(OC(C)C)C5)CC4)c(C)c3C2=O)c(OCc2ccccc2)n1. The van der Waals surface area contributed by atoms with Crippen molar-refractivity contribution >= 4 is 17.2 Å². The quantitative estimate of drug-likeness (QED) is 0.235. The maximum Gasteiger partial charge on any atom is 0.255 e. The zero-order chi connectivity index (χ0) is 31.0. The Balaban J connectivity index is 1.11. The number of amides is 1. The van der Waals surface area contributed by atoms with Crippen LogP contribution in [0.5, 0.6) is 5.88 Å². The fraction of sp³-hybridized carbons (Fsp3) is 0.568.